The van der Waals surface area contributed by atoms with Crippen LogP contribution in [0.15, 0.2) is 64.2 Å². The number of benzene rings is 2. The Hall–Kier alpha value is -2.35. The highest BCUT2D eigenvalue weighted by molar-refractivity contribution is 9.10. The smallest absolute Gasteiger partial charge is 0.422 e. The van der Waals surface area contributed by atoms with Gasteiger partial charge in [0.15, 0.2) is 6.61 Å². The Labute approximate surface area is 187 Å². The van der Waals surface area contributed by atoms with Crippen molar-refractivity contribution in [3.63, 3.8) is 0 Å². The van der Waals surface area contributed by atoms with E-state index in [1.807, 2.05) is 59.6 Å². The van der Waals surface area contributed by atoms with Crippen molar-refractivity contribution in [3.8, 4) is 0 Å². The Bertz CT molecular complexity index is 973. The Morgan fingerprint density at radius 2 is 1.84 bits per heavy atom. The largest absolute Gasteiger partial charge is 0.456 e. The summed E-state index contributed by atoms with van der Waals surface area (Å²) in [5.41, 5.74) is 2.66. The maximum absolute atomic E-state index is 12.5. The number of hydrogen-bond acceptors (Lipinski definition) is 4. The molecule has 1 aliphatic heterocycles. The van der Waals surface area contributed by atoms with Crippen molar-refractivity contribution in [2.75, 3.05) is 11.6 Å². The number of carbonyl (C=O) groups is 1. The molecule has 31 heavy (non-hydrogen) atoms. The second-order valence-corrected chi connectivity index (χ2v) is 9.08. The Kier molecular flexibility index (Phi) is 5.85. The SMILES string of the molecule is CC(CC1N(c2ccc(Br)cc2)N=C(c2ccccc2)C12CC2)C(=O)OCC(F)(F)F. The molecule has 1 heterocycles. The summed E-state index contributed by atoms with van der Waals surface area (Å²) in [6.45, 7) is 0.0588. The van der Waals surface area contributed by atoms with Crippen molar-refractivity contribution in [2.24, 2.45) is 16.4 Å². The topological polar surface area (TPSA) is 41.9 Å². The Balaban J connectivity index is 1.62. The van der Waals surface area contributed by atoms with Gasteiger partial charge in [-0.2, -0.15) is 18.3 Å². The Morgan fingerprint density at radius 3 is 2.42 bits per heavy atom. The summed E-state index contributed by atoms with van der Waals surface area (Å²) in [5.74, 6) is -1.52. The van der Waals surface area contributed by atoms with Crippen molar-refractivity contribution in [3.05, 3.63) is 64.6 Å². The van der Waals surface area contributed by atoms with Crippen LogP contribution in [0.2, 0.25) is 0 Å². The van der Waals surface area contributed by atoms with Crippen LogP contribution in [0.4, 0.5) is 18.9 Å². The van der Waals surface area contributed by atoms with Gasteiger partial charge in [0.1, 0.15) is 0 Å². The van der Waals surface area contributed by atoms with Crippen LogP contribution < -0.4 is 5.01 Å². The molecule has 4 rings (SSSR count). The highest BCUT2D eigenvalue weighted by atomic mass is 79.9. The van der Waals surface area contributed by atoms with Crippen LogP contribution in [0.25, 0.3) is 0 Å². The van der Waals surface area contributed by atoms with E-state index in [-0.39, 0.29) is 11.5 Å². The molecule has 0 amide bonds. The van der Waals surface area contributed by atoms with Gasteiger partial charge in [-0.25, -0.2) is 0 Å². The minimum Gasteiger partial charge on any atom is -0.456 e. The summed E-state index contributed by atoms with van der Waals surface area (Å²) in [4.78, 5) is 12.3. The number of anilines is 1. The molecule has 0 aromatic heterocycles. The number of hydrogen-bond donors (Lipinski definition) is 0. The summed E-state index contributed by atoms with van der Waals surface area (Å²) in [5, 5.41) is 6.88. The molecule has 1 saturated carbocycles. The highest BCUT2D eigenvalue weighted by Crippen LogP contribution is 2.58. The second kappa shape index (κ2) is 8.30. The van der Waals surface area contributed by atoms with Crippen molar-refractivity contribution < 1.29 is 22.7 Å². The average molecular weight is 495 g/mol. The first kappa shape index (κ1) is 21.9. The molecule has 2 atom stereocenters. The highest BCUT2D eigenvalue weighted by Gasteiger charge is 2.60. The minimum atomic E-state index is -4.53. The van der Waals surface area contributed by atoms with E-state index in [0.29, 0.717) is 6.42 Å². The third kappa shape index (κ3) is 4.63. The summed E-state index contributed by atoms with van der Waals surface area (Å²) in [6.07, 6.45) is -2.34. The molecular weight excluding hydrogens is 473 g/mol. The van der Waals surface area contributed by atoms with Crippen LogP contribution in [0, 0.1) is 11.3 Å². The van der Waals surface area contributed by atoms with Crippen LogP contribution in [-0.4, -0.2) is 30.5 Å². The van der Waals surface area contributed by atoms with Gasteiger partial charge in [0.25, 0.3) is 0 Å². The maximum atomic E-state index is 12.5. The fraction of sp³-hybridized carbons (Fsp3) is 0.391. The van der Waals surface area contributed by atoms with Gasteiger partial charge in [0, 0.05) is 9.89 Å². The fourth-order valence-electron chi connectivity index (χ4n) is 4.20. The van der Waals surface area contributed by atoms with Crippen molar-refractivity contribution >= 4 is 33.3 Å². The molecule has 2 aromatic rings. The van der Waals surface area contributed by atoms with Gasteiger partial charge in [-0.15, -0.1) is 0 Å². The van der Waals surface area contributed by atoms with E-state index in [4.69, 9.17) is 5.10 Å². The minimum absolute atomic E-state index is 0.141. The number of esters is 1. The first-order valence-electron chi connectivity index (χ1n) is 10.1. The van der Waals surface area contributed by atoms with Gasteiger partial charge in [-0.1, -0.05) is 53.2 Å². The summed E-state index contributed by atoms with van der Waals surface area (Å²) in [7, 11) is 0. The number of ether oxygens (including phenoxy) is 1. The third-order valence-electron chi connectivity index (χ3n) is 5.90. The lowest BCUT2D eigenvalue weighted by Crippen LogP contribution is -2.38. The van der Waals surface area contributed by atoms with Crippen molar-refractivity contribution in [1.82, 2.24) is 0 Å². The van der Waals surface area contributed by atoms with Crippen LogP contribution in [0.5, 0.6) is 0 Å². The molecule has 2 aromatic carbocycles. The van der Waals surface area contributed by atoms with Crippen molar-refractivity contribution in [1.29, 1.82) is 0 Å². The maximum Gasteiger partial charge on any atom is 0.422 e. The lowest BCUT2D eigenvalue weighted by atomic mass is 9.83. The molecule has 0 saturated heterocycles. The number of hydrazone groups is 1. The molecule has 164 valence electrons. The predicted molar refractivity (Wildman–Crippen MR) is 116 cm³/mol. The zero-order chi connectivity index (χ0) is 22.2. The van der Waals surface area contributed by atoms with Gasteiger partial charge in [0.05, 0.1) is 23.4 Å². The van der Waals surface area contributed by atoms with Crippen LogP contribution >= 0.6 is 15.9 Å². The summed E-state index contributed by atoms with van der Waals surface area (Å²) in [6, 6.07) is 17.5. The second-order valence-electron chi connectivity index (χ2n) is 8.17. The monoisotopic (exact) mass is 494 g/mol. The third-order valence-corrected chi connectivity index (χ3v) is 6.43. The molecule has 0 bridgehead atoms. The van der Waals surface area contributed by atoms with Gasteiger partial charge in [0.2, 0.25) is 0 Å². The van der Waals surface area contributed by atoms with E-state index in [2.05, 4.69) is 20.7 Å². The average Bonchev–Trinajstić information content (AvgIpc) is 3.47. The van der Waals surface area contributed by atoms with Crippen LogP contribution in [0.1, 0.15) is 31.7 Å². The van der Waals surface area contributed by atoms with Gasteiger partial charge in [-0.3, -0.25) is 9.80 Å². The molecule has 4 nitrogen and oxygen atoms in total. The molecule has 8 heteroatoms. The van der Waals surface area contributed by atoms with Gasteiger partial charge < -0.3 is 4.74 Å². The standard InChI is InChI=1S/C23H22BrF3N2O2/c1-15(21(30)31-14-23(25,26)27)13-19-22(11-12-22)20(16-5-3-2-4-6-16)28-29(19)18-9-7-17(24)8-10-18/h2-10,15,19H,11-14H2,1H3. The molecule has 2 aliphatic rings. The first-order valence-corrected chi connectivity index (χ1v) is 10.9. The van der Waals surface area contributed by atoms with E-state index in [1.165, 1.54) is 0 Å². The van der Waals surface area contributed by atoms with Crippen LogP contribution in [0.3, 0.4) is 0 Å². The van der Waals surface area contributed by atoms with E-state index in [1.54, 1.807) is 6.92 Å². The number of alkyl halides is 3. The van der Waals surface area contributed by atoms with Crippen molar-refractivity contribution in [2.45, 2.75) is 38.4 Å². The summed E-state index contributed by atoms with van der Waals surface area (Å²) >= 11 is 3.44. The predicted octanol–water partition coefficient (Wildman–Crippen LogP) is 5.95. The quantitative estimate of drug-likeness (QED) is 0.465. The first-order chi connectivity index (χ1) is 14.7. The molecule has 2 unspecified atom stereocenters. The zero-order valence-corrected chi connectivity index (χ0v) is 18.5. The molecule has 0 radical (unpaired) electrons. The van der Waals surface area contributed by atoms with Crippen LogP contribution in [-0.2, 0) is 9.53 Å². The number of halogens is 4. The summed E-state index contributed by atoms with van der Waals surface area (Å²) < 4.78 is 42.8. The molecule has 1 aliphatic carbocycles. The molecule has 1 fully saturated rings. The zero-order valence-electron chi connectivity index (χ0n) is 16.9. The van der Waals surface area contributed by atoms with Gasteiger partial charge >= 0.3 is 12.1 Å². The van der Waals surface area contributed by atoms with E-state index < -0.39 is 24.7 Å². The molecule has 1 spiro atoms. The number of carbonyl (C=O) groups excluding carboxylic acids is 1. The molecular formula is C23H22BrF3N2O2. The number of rotatable bonds is 6. The Morgan fingerprint density at radius 1 is 1.19 bits per heavy atom. The van der Waals surface area contributed by atoms with Gasteiger partial charge in [-0.05, 0) is 49.1 Å². The number of nitrogens with zero attached hydrogens (tertiary/aromatic N) is 2. The lowest BCUT2D eigenvalue weighted by molar-refractivity contribution is -0.189. The van der Waals surface area contributed by atoms with E-state index in [0.717, 1.165) is 34.3 Å². The van der Waals surface area contributed by atoms with E-state index in [9.17, 15) is 18.0 Å². The molecule has 0 N–H and O–H groups in total. The lowest BCUT2D eigenvalue weighted by Gasteiger charge is -2.30. The normalized spacial score (nSPS) is 20.5. The fourth-order valence-corrected chi connectivity index (χ4v) is 4.46. The van der Waals surface area contributed by atoms with E-state index >= 15 is 0 Å².